The summed E-state index contributed by atoms with van der Waals surface area (Å²) in [5.74, 6) is 6.20. The van der Waals surface area contributed by atoms with Crippen LogP contribution in [0.1, 0.15) is 32.6 Å². The highest BCUT2D eigenvalue weighted by molar-refractivity contribution is 9.10. The maximum Gasteiger partial charge on any atom is 0.187 e. The summed E-state index contributed by atoms with van der Waals surface area (Å²) in [6.45, 7) is 2.04. The van der Waals surface area contributed by atoms with Crippen molar-refractivity contribution < 1.29 is 4.79 Å². The largest absolute Gasteiger partial charge is 0.289 e. The van der Waals surface area contributed by atoms with Crippen LogP contribution < -0.4 is 0 Å². The number of allylic oxidation sites excluding steroid dienone is 1. The number of carbonyl (C=O) groups is 1. The molecule has 0 spiro atoms. The predicted octanol–water partition coefficient (Wildman–Crippen LogP) is 6.05. The Balaban J connectivity index is 1.83. The minimum absolute atomic E-state index is 0.0540. The van der Waals surface area contributed by atoms with Gasteiger partial charge in [-0.2, -0.15) is 0 Å². The van der Waals surface area contributed by atoms with Gasteiger partial charge in [-0.15, -0.1) is 0 Å². The van der Waals surface area contributed by atoms with Crippen LogP contribution in [0.2, 0.25) is 0 Å². The molecule has 3 aromatic rings. The second-order valence-electron chi connectivity index (χ2n) is 5.91. The van der Waals surface area contributed by atoms with Gasteiger partial charge in [0.15, 0.2) is 5.78 Å². The summed E-state index contributed by atoms with van der Waals surface area (Å²) < 4.78 is 1.01. The smallest absolute Gasteiger partial charge is 0.187 e. The summed E-state index contributed by atoms with van der Waals surface area (Å²) >= 11 is 3.41. The highest BCUT2D eigenvalue weighted by Crippen LogP contribution is 2.14. The van der Waals surface area contributed by atoms with Crippen molar-refractivity contribution in [1.29, 1.82) is 0 Å². The molecule has 0 aliphatic carbocycles. The molecule has 0 aliphatic heterocycles. The van der Waals surface area contributed by atoms with Crippen LogP contribution in [0, 0.1) is 18.8 Å². The molecule has 0 unspecified atom stereocenters. The molecule has 1 nitrogen and oxygen atoms in total. The van der Waals surface area contributed by atoms with E-state index >= 15 is 0 Å². The SMILES string of the molecule is Cc1ccc(C#Cc2ccccc2C(=O)/C=C/c2ccc(Br)cc2)cc1. The maximum atomic E-state index is 12.6. The standard InChI is InChI=1S/C24H17BrO/c1-18-6-8-19(9-7-18)10-14-21-4-2-3-5-23(21)24(26)17-13-20-11-15-22(25)16-12-20/h2-9,11-13,15-17H,1H3/b17-13+. The molecule has 2 heteroatoms. The van der Waals surface area contributed by atoms with Gasteiger partial charge in [0.1, 0.15) is 0 Å². The second-order valence-corrected chi connectivity index (χ2v) is 6.83. The van der Waals surface area contributed by atoms with Crippen molar-refractivity contribution in [2.75, 3.05) is 0 Å². The van der Waals surface area contributed by atoms with E-state index in [4.69, 9.17) is 0 Å². The van der Waals surface area contributed by atoms with Gasteiger partial charge in [0.2, 0.25) is 0 Å². The first-order valence-corrected chi connectivity index (χ1v) is 9.07. The summed E-state index contributed by atoms with van der Waals surface area (Å²) in [6, 6.07) is 23.3. The number of aryl methyl sites for hydroxylation is 1. The van der Waals surface area contributed by atoms with Crippen LogP contribution in [0.3, 0.4) is 0 Å². The fraction of sp³-hybridized carbons (Fsp3) is 0.0417. The Hall–Kier alpha value is -2.89. The van der Waals surface area contributed by atoms with E-state index < -0.39 is 0 Å². The average molecular weight is 401 g/mol. The van der Waals surface area contributed by atoms with Gasteiger partial charge in [-0.1, -0.05) is 75.8 Å². The molecule has 126 valence electrons. The Morgan fingerprint density at radius 1 is 0.885 bits per heavy atom. The van der Waals surface area contributed by atoms with E-state index in [0.29, 0.717) is 5.56 Å². The minimum atomic E-state index is -0.0540. The summed E-state index contributed by atoms with van der Waals surface area (Å²) in [4.78, 5) is 12.6. The molecular formula is C24H17BrO. The third-order valence-electron chi connectivity index (χ3n) is 3.88. The van der Waals surface area contributed by atoms with Crippen molar-refractivity contribution in [3.63, 3.8) is 0 Å². The molecule has 0 bridgehead atoms. The van der Waals surface area contributed by atoms with Crippen LogP contribution in [-0.4, -0.2) is 5.78 Å². The fourth-order valence-corrected chi connectivity index (χ4v) is 2.68. The molecule has 0 saturated carbocycles. The minimum Gasteiger partial charge on any atom is -0.289 e. The van der Waals surface area contributed by atoms with Crippen LogP contribution in [0.4, 0.5) is 0 Å². The molecule has 0 radical (unpaired) electrons. The number of rotatable bonds is 3. The van der Waals surface area contributed by atoms with Crippen LogP contribution in [0.25, 0.3) is 6.08 Å². The zero-order valence-electron chi connectivity index (χ0n) is 14.4. The number of ketones is 1. The Morgan fingerprint density at radius 3 is 2.31 bits per heavy atom. The van der Waals surface area contributed by atoms with Crippen LogP contribution in [0.15, 0.2) is 83.3 Å². The molecule has 0 atom stereocenters. The van der Waals surface area contributed by atoms with Crippen molar-refractivity contribution in [1.82, 2.24) is 0 Å². The van der Waals surface area contributed by atoms with Crippen molar-refractivity contribution in [2.24, 2.45) is 0 Å². The fourth-order valence-electron chi connectivity index (χ4n) is 2.42. The number of carbonyl (C=O) groups excluding carboxylic acids is 1. The van der Waals surface area contributed by atoms with Crippen LogP contribution in [0.5, 0.6) is 0 Å². The Kier molecular flexibility index (Phi) is 5.84. The molecule has 3 aromatic carbocycles. The number of hydrogen-bond acceptors (Lipinski definition) is 1. The van der Waals surface area contributed by atoms with Gasteiger partial charge in [-0.25, -0.2) is 0 Å². The Bertz CT molecular complexity index is 1000. The number of hydrogen-bond donors (Lipinski definition) is 0. The number of benzene rings is 3. The summed E-state index contributed by atoms with van der Waals surface area (Å²) in [5.41, 5.74) is 4.45. The first-order chi connectivity index (χ1) is 12.6. The lowest BCUT2D eigenvalue weighted by Crippen LogP contribution is -1.98. The van der Waals surface area contributed by atoms with E-state index in [1.165, 1.54) is 5.56 Å². The summed E-state index contributed by atoms with van der Waals surface area (Å²) in [5, 5.41) is 0. The third kappa shape index (κ3) is 4.81. The first kappa shape index (κ1) is 17.9. The van der Waals surface area contributed by atoms with Crippen LogP contribution >= 0.6 is 15.9 Å². The average Bonchev–Trinajstić information content (AvgIpc) is 2.67. The normalized spacial score (nSPS) is 10.4. The highest BCUT2D eigenvalue weighted by atomic mass is 79.9. The molecule has 0 fully saturated rings. The van der Waals surface area contributed by atoms with Gasteiger partial charge in [0.25, 0.3) is 0 Å². The quantitative estimate of drug-likeness (QED) is 0.297. The zero-order valence-corrected chi connectivity index (χ0v) is 16.0. The van der Waals surface area contributed by atoms with Crippen molar-refractivity contribution in [3.05, 3.63) is 111 Å². The molecule has 0 amide bonds. The van der Waals surface area contributed by atoms with Gasteiger partial charge < -0.3 is 0 Å². The zero-order chi connectivity index (χ0) is 18.4. The Labute approximate surface area is 162 Å². The van der Waals surface area contributed by atoms with Crippen LogP contribution in [-0.2, 0) is 0 Å². The van der Waals surface area contributed by atoms with E-state index in [-0.39, 0.29) is 5.78 Å². The molecular weight excluding hydrogens is 384 g/mol. The molecule has 0 aromatic heterocycles. The van der Waals surface area contributed by atoms with E-state index in [9.17, 15) is 4.79 Å². The van der Waals surface area contributed by atoms with E-state index in [1.54, 1.807) is 6.08 Å². The lowest BCUT2D eigenvalue weighted by atomic mass is 10.0. The van der Waals surface area contributed by atoms with Gasteiger partial charge in [-0.3, -0.25) is 4.79 Å². The second kappa shape index (κ2) is 8.47. The third-order valence-corrected chi connectivity index (χ3v) is 4.41. The van der Waals surface area contributed by atoms with Crippen molar-refractivity contribution >= 4 is 27.8 Å². The van der Waals surface area contributed by atoms with Crippen molar-refractivity contribution in [2.45, 2.75) is 6.92 Å². The molecule has 3 rings (SSSR count). The van der Waals surface area contributed by atoms with Gasteiger partial charge >= 0.3 is 0 Å². The predicted molar refractivity (Wildman–Crippen MR) is 111 cm³/mol. The van der Waals surface area contributed by atoms with E-state index in [1.807, 2.05) is 85.8 Å². The lowest BCUT2D eigenvalue weighted by Gasteiger charge is -2.00. The molecule has 0 heterocycles. The molecule has 0 N–H and O–H groups in total. The molecule has 0 saturated heterocycles. The van der Waals surface area contributed by atoms with Gasteiger partial charge in [0.05, 0.1) is 0 Å². The van der Waals surface area contributed by atoms with E-state index in [2.05, 4.69) is 27.8 Å². The maximum absolute atomic E-state index is 12.6. The summed E-state index contributed by atoms with van der Waals surface area (Å²) in [6.07, 6.45) is 3.41. The van der Waals surface area contributed by atoms with Crippen molar-refractivity contribution in [3.8, 4) is 11.8 Å². The highest BCUT2D eigenvalue weighted by Gasteiger charge is 2.06. The van der Waals surface area contributed by atoms with Gasteiger partial charge in [-0.05, 0) is 55.0 Å². The molecule has 0 aliphatic rings. The van der Waals surface area contributed by atoms with Gasteiger partial charge in [0, 0.05) is 21.2 Å². The summed E-state index contributed by atoms with van der Waals surface area (Å²) in [7, 11) is 0. The Morgan fingerprint density at radius 2 is 1.58 bits per heavy atom. The van der Waals surface area contributed by atoms with E-state index in [0.717, 1.165) is 21.2 Å². The topological polar surface area (TPSA) is 17.1 Å². The monoisotopic (exact) mass is 400 g/mol. The first-order valence-electron chi connectivity index (χ1n) is 8.27. The number of halogens is 1. The molecule has 26 heavy (non-hydrogen) atoms. The lowest BCUT2D eigenvalue weighted by molar-refractivity contribution is 0.104.